The first kappa shape index (κ1) is 16.4. The van der Waals surface area contributed by atoms with Gasteiger partial charge in [-0.3, -0.25) is 4.79 Å². The van der Waals surface area contributed by atoms with Gasteiger partial charge >= 0.3 is 0 Å². The number of fused-ring (bicyclic) bond motifs is 1. The van der Waals surface area contributed by atoms with E-state index in [9.17, 15) is 10.1 Å². The van der Waals surface area contributed by atoms with Crippen LogP contribution in [0.25, 0.3) is 10.3 Å². The molecule has 0 atom stereocenters. The number of rotatable bonds is 3. The molecular weight excluding hydrogens is 348 g/mol. The van der Waals surface area contributed by atoms with Gasteiger partial charge in [0.15, 0.2) is 10.8 Å². The van der Waals surface area contributed by atoms with Gasteiger partial charge < -0.3 is 10.6 Å². The fourth-order valence-electron chi connectivity index (χ4n) is 3.40. The van der Waals surface area contributed by atoms with E-state index < -0.39 is 11.3 Å². The molecule has 0 unspecified atom stereocenters. The van der Waals surface area contributed by atoms with Gasteiger partial charge in [-0.2, -0.15) is 5.26 Å². The third-order valence-electron chi connectivity index (χ3n) is 4.84. The first-order valence-electron chi connectivity index (χ1n) is 8.26. The van der Waals surface area contributed by atoms with Gasteiger partial charge in [0.05, 0.1) is 11.5 Å². The lowest BCUT2D eigenvalue weighted by atomic mass is 9.74. The molecule has 1 aliphatic rings. The standard InChI is InChI=1S/C18H16N6OS/c19-10-18(12-4-2-1-3-5-12)6-8-24(9-7-18)15-13-16(22-11-21-15)26-17(23-13)14(20)25/h1-5,11H,6-9H2,(H2,20,25). The molecule has 3 heterocycles. The number of amides is 1. The Balaban J connectivity index is 1.63. The molecule has 0 bridgehead atoms. The molecule has 1 aliphatic heterocycles. The molecule has 1 amide bonds. The van der Waals surface area contributed by atoms with Crippen molar-refractivity contribution in [2.75, 3.05) is 18.0 Å². The fraction of sp³-hybridized carbons (Fsp3) is 0.278. The third kappa shape index (κ3) is 2.66. The van der Waals surface area contributed by atoms with Crippen molar-refractivity contribution >= 4 is 33.4 Å². The number of carbonyl (C=O) groups excluding carboxylic acids is 1. The predicted molar refractivity (Wildman–Crippen MR) is 98.9 cm³/mol. The summed E-state index contributed by atoms with van der Waals surface area (Å²) in [6, 6.07) is 12.5. The molecule has 0 spiro atoms. The Hall–Kier alpha value is -3.05. The van der Waals surface area contributed by atoms with E-state index in [2.05, 4.69) is 25.9 Å². The number of primary amides is 1. The van der Waals surface area contributed by atoms with E-state index in [1.807, 2.05) is 30.3 Å². The molecule has 0 saturated carbocycles. The summed E-state index contributed by atoms with van der Waals surface area (Å²) in [6.07, 6.45) is 2.88. The van der Waals surface area contributed by atoms with Crippen LogP contribution in [0.15, 0.2) is 36.7 Å². The molecule has 1 saturated heterocycles. The molecular formula is C18H16N6OS. The lowest BCUT2D eigenvalue weighted by Crippen LogP contribution is -2.42. The molecule has 0 aliphatic carbocycles. The normalized spacial score (nSPS) is 16.3. The van der Waals surface area contributed by atoms with E-state index in [0.717, 1.165) is 5.56 Å². The maximum Gasteiger partial charge on any atom is 0.277 e. The molecule has 8 heteroatoms. The highest BCUT2D eigenvalue weighted by Crippen LogP contribution is 2.37. The summed E-state index contributed by atoms with van der Waals surface area (Å²) < 4.78 is 0. The van der Waals surface area contributed by atoms with E-state index in [4.69, 9.17) is 5.73 Å². The number of thiazole rings is 1. The van der Waals surface area contributed by atoms with Gasteiger partial charge in [-0.15, -0.1) is 0 Å². The summed E-state index contributed by atoms with van der Waals surface area (Å²) in [6.45, 7) is 1.36. The van der Waals surface area contributed by atoms with Crippen LogP contribution in [-0.4, -0.2) is 33.9 Å². The van der Waals surface area contributed by atoms with Crippen LogP contribution in [0.2, 0.25) is 0 Å². The highest BCUT2D eigenvalue weighted by Gasteiger charge is 2.37. The SMILES string of the molecule is N#CC1(c2ccccc2)CCN(c2ncnc3sc(C(N)=O)nc23)CC1. The minimum atomic E-state index is -0.565. The smallest absolute Gasteiger partial charge is 0.277 e. The number of carbonyl (C=O) groups is 1. The third-order valence-corrected chi connectivity index (χ3v) is 5.82. The molecule has 1 fully saturated rings. The quantitative estimate of drug-likeness (QED) is 0.763. The number of hydrogen-bond donors (Lipinski definition) is 1. The van der Waals surface area contributed by atoms with E-state index >= 15 is 0 Å². The maximum atomic E-state index is 11.4. The molecule has 1 aromatic carbocycles. The number of benzene rings is 1. The Kier molecular flexibility index (Phi) is 4.01. The average Bonchev–Trinajstić information content (AvgIpc) is 3.13. The van der Waals surface area contributed by atoms with E-state index in [0.29, 0.717) is 42.1 Å². The van der Waals surface area contributed by atoms with Crippen molar-refractivity contribution in [2.24, 2.45) is 5.73 Å². The average molecular weight is 364 g/mol. The van der Waals surface area contributed by atoms with Gasteiger partial charge in [0.25, 0.3) is 5.91 Å². The Morgan fingerprint density at radius 2 is 1.96 bits per heavy atom. The number of nitrogens with zero attached hydrogens (tertiary/aromatic N) is 5. The number of anilines is 1. The van der Waals surface area contributed by atoms with Crippen LogP contribution >= 0.6 is 11.3 Å². The second kappa shape index (κ2) is 6.35. The zero-order valence-electron chi connectivity index (χ0n) is 13.9. The van der Waals surface area contributed by atoms with Gasteiger partial charge in [-0.05, 0) is 18.4 Å². The Morgan fingerprint density at radius 3 is 2.62 bits per heavy atom. The second-order valence-electron chi connectivity index (χ2n) is 6.28. The van der Waals surface area contributed by atoms with Crippen molar-refractivity contribution in [1.82, 2.24) is 15.0 Å². The summed E-state index contributed by atoms with van der Waals surface area (Å²) in [4.78, 5) is 27.0. The lowest BCUT2D eigenvalue weighted by Gasteiger charge is -2.38. The topological polar surface area (TPSA) is 109 Å². The number of nitriles is 1. The minimum absolute atomic E-state index is 0.231. The van der Waals surface area contributed by atoms with Crippen molar-refractivity contribution in [1.29, 1.82) is 5.26 Å². The lowest BCUT2D eigenvalue weighted by molar-refractivity contribution is 0.1000. The molecule has 26 heavy (non-hydrogen) atoms. The Morgan fingerprint density at radius 1 is 1.23 bits per heavy atom. The number of hydrogen-bond acceptors (Lipinski definition) is 7. The van der Waals surface area contributed by atoms with Gasteiger partial charge in [-0.25, -0.2) is 15.0 Å². The van der Waals surface area contributed by atoms with Crippen molar-refractivity contribution in [2.45, 2.75) is 18.3 Å². The van der Waals surface area contributed by atoms with Gasteiger partial charge in [0.2, 0.25) is 0 Å². The summed E-state index contributed by atoms with van der Waals surface area (Å²) in [7, 11) is 0. The predicted octanol–water partition coefficient (Wildman–Crippen LogP) is 2.25. The summed E-state index contributed by atoms with van der Waals surface area (Å²) in [5.74, 6) is 0.128. The fourth-order valence-corrected chi connectivity index (χ4v) is 4.16. The highest BCUT2D eigenvalue weighted by molar-refractivity contribution is 7.19. The number of aromatic nitrogens is 3. The van der Waals surface area contributed by atoms with Crippen LogP contribution in [-0.2, 0) is 5.41 Å². The number of nitrogens with two attached hydrogens (primary N) is 1. The molecule has 2 N–H and O–H groups in total. The minimum Gasteiger partial charge on any atom is -0.364 e. The molecule has 4 rings (SSSR count). The molecule has 3 aromatic rings. The van der Waals surface area contributed by atoms with E-state index in [1.54, 1.807) is 0 Å². The van der Waals surface area contributed by atoms with Crippen molar-refractivity contribution in [3.63, 3.8) is 0 Å². The van der Waals surface area contributed by atoms with Crippen LogP contribution in [0, 0.1) is 11.3 Å². The molecule has 0 radical (unpaired) electrons. The van der Waals surface area contributed by atoms with Gasteiger partial charge in [0, 0.05) is 13.1 Å². The van der Waals surface area contributed by atoms with Crippen LogP contribution in [0.1, 0.15) is 28.2 Å². The van der Waals surface area contributed by atoms with Crippen LogP contribution in [0.5, 0.6) is 0 Å². The highest BCUT2D eigenvalue weighted by atomic mass is 32.1. The summed E-state index contributed by atoms with van der Waals surface area (Å²) >= 11 is 1.17. The zero-order chi connectivity index (χ0) is 18.1. The Bertz CT molecular complexity index is 1000. The molecule has 130 valence electrons. The van der Waals surface area contributed by atoms with Crippen molar-refractivity contribution < 1.29 is 4.79 Å². The van der Waals surface area contributed by atoms with E-state index in [1.165, 1.54) is 17.7 Å². The maximum absolute atomic E-state index is 11.4. The van der Waals surface area contributed by atoms with E-state index in [-0.39, 0.29) is 5.01 Å². The Labute approximate surface area is 154 Å². The first-order chi connectivity index (χ1) is 12.6. The zero-order valence-corrected chi connectivity index (χ0v) is 14.7. The van der Waals surface area contributed by atoms with Gasteiger partial charge in [0.1, 0.15) is 16.7 Å². The number of piperidine rings is 1. The molecule has 7 nitrogen and oxygen atoms in total. The monoisotopic (exact) mass is 364 g/mol. The van der Waals surface area contributed by atoms with Crippen molar-refractivity contribution in [3.05, 3.63) is 47.2 Å². The summed E-state index contributed by atoms with van der Waals surface area (Å²) in [5, 5.41) is 10.1. The summed E-state index contributed by atoms with van der Waals surface area (Å²) in [5.41, 5.74) is 6.50. The largest absolute Gasteiger partial charge is 0.364 e. The van der Waals surface area contributed by atoms with Gasteiger partial charge in [-0.1, -0.05) is 41.7 Å². The van der Waals surface area contributed by atoms with Crippen LogP contribution < -0.4 is 10.6 Å². The second-order valence-corrected chi connectivity index (χ2v) is 7.26. The van der Waals surface area contributed by atoms with Crippen molar-refractivity contribution in [3.8, 4) is 6.07 Å². The van der Waals surface area contributed by atoms with Crippen LogP contribution in [0.3, 0.4) is 0 Å². The first-order valence-corrected chi connectivity index (χ1v) is 9.08. The van der Waals surface area contributed by atoms with Crippen LogP contribution in [0.4, 0.5) is 5.82 Å². The molecule has 2 aromatic heterocycles.